The lowest BCUT2D eigenvalue weighted by molar-refractivity contribution is 0.0320. The highest BCUT2D eigenvalue weighted by molar-refractivity contribution is 6.42. The third-order valence-corrected chi connectivity index (χ3v) is 5.10. The van der Waals surface area contributed by atoms with E-state index in [9.17, 15) is 4.79 Å². The Balaban J connectivity index is 1.67. The fraction of sp³-hybridized carbons (Fsp3) is 0.444. The van der Waals surface area contributed by atoms with Gasteiger partial charge in [0.2, 0.25) is 5.89 Å². The van der Waals surface area contributed by atoms with Crippen LogP contribution in [0.5, 0.6) is 0 Å². The number of hydrogen-bond donors (Lipinski definition) is 1. The smallest absolute Gasteiger partial charge is 0.357 e. The van der Waals surface area contributed by atoms with Crippen molar-refractivity contribution < 1.29 is 19.1 Å². The van der Waals surface area contributed by atoms with E-state index in [0.717, 1.165) is 51.2 Å². The van der Waals surface area contributed by atoms with E-state index in [1.54, 1.807) is 6.07 Å². The van der Waals surface area contributed by atoms with Gasteiger partial charge in [-0.2, -0.15) is 0 Å². The van der Waals surface area contributed by atoms with Crippen LogP contribution in [-0.4, -0.2) is 65.3 Å². The Hall–Kier alpha value is -1.64. The van der Waals surface area contributed by atoms with Gasteiger partial charge in [-0.05, 0) is 17.7 Å². The Morgan fingerprint density at radius 3 is 2.67 bits per heavy atom. The maximum atomic E-state index is 11.0. The van der Waals surface area contributed by atoms with Crippen LogP contribution >= 0.6 is 23.2 Å². The lowest BCUT2D eigenvalue weighted by atomic mass is 10.2. The standard InChI is InChI=1S/C18H21Cl2N3O4/c19-14-2-1-13(9-15(14)20)10-23(4-3-22-5-7-26-8-6-22)11-17-21-16(12-27-17)18(24)25/h1-2,9,12H,3-8,10-11H2,(H,24,25). The summed E-state index contributed by atoms with van der Waals surface area (Å²) < 4.78 is 10.7. The number of carbonyl (C=O) groups is 1. The van der Waals surface area contributed by atoms with Crippen LogP contribution in [-0.2, 0) is 17.8 Å². The molecular weight excluding hydrogens is 393 g/mol. The van der Waals surface area contributed by atoms with Crippen LogP contribution in [0.3, 0.4) is 0 Å². The van der Waals surface area contributed by atoms with Gasteiger partial charge in [0.05, 0.1) is 29.8 Å². The van der Waals surface area contributed by atoms with E-state index in [0.29, 0.717) is 29.0 Å². The molecule has 1 fully saturated rings. The van der Waals surface area contributed by atoms with Gasteiger partial charge in [0.15, 0.2) is 5.69 Å². The van der Waals surface area contributed by atoms with Crippen LogP contribution in [0.2, 0.25) is 10.0 Å². The van der Waals surface area contributed by atoms with Gasteiger partial charge in [-0.3, -0.25) is 9.80 Å². The van der Waals surface area contributed by atoms with E-state index in [2.05, 4.69) is 14.8 Å². The minimum Gasteiger partial charge on any atom is -0.476 e. The average Bonchev–Trinajstić information content (AvgIpc) is 3.12. The van der Waals surface area contributed by atoms with Crippen molar-refractivity contribution in [2.24, 2.45) is 0 Å². The summed E-state index contributed by atoms with van der Waals surface area (Å²) in [5.74, 6) is -0.733. The van der Waals surface area contributed by atoms with E-state index < -0.39 is 5.97 Å². The number of oxazole rings is 1. The number of carboxylic acid groups (broad SMARTS) is 1. The summed E-state index contributed by atoms with van der Waals surface area (Å²) in [6, 6.07) is 5.53. The Morgan fingerprint density at radius 2 is 2.00 bits per heavy atom. The molecule has 3 rings (SSSR count). The lowest BCUT2D eigenvalue weighted by Gasteiger charge is -2.29. The van der Waals surface area contributed by atoms with Gasteiger partial charge in [-0.1, -0.05) is 29.3 Å². The largest absolute Gasteiger partial charge is 0.476 e. The minimum atomic E-state index is -1.10. The van der Waals surface area contributed by atoms with Crippen molar-refractivity contribution in [3.05, 3.63) is 51.7 Å². The number of ether oxygens (including phenoxy) is 1. The number of halogens is 2. The molecule has 9 heteroatoms. The van der Waals surface area contributed by atoms with Gasteiger partial charge in [0.25, 0.3) is 0 Å². The summed E-state index contributed by atoms with van der Waals surface area (Å²) >= 11 is 12.1. The number of rotatable bonds is 8. The maximum absolute atomic E-state index is 11.0. The second-order valence-electron chi connectivity index (χ2n) is 6.34. The molecule has 0 unspecified atom stereocenters. The molecule has 1 aromatic heterocycles. The van der Waals surface area contributed by atoms with Crippen molar-refractivity contribution in [1.29, 1.82) is 0 Å². The predicted molar refractivity (Wildman–Crippen MR) is 101 cm³/mol. The maximum Gasteiger partial charge on any atom is 0.357 e. The molecule has 2 heterocycles. The quantitative estimate of drug-likeness (QED) is 0.712. The second kappa shape index (κ2) is 9.52. The molecule has 1 N–H and O–H groups in total. The second-order valence-corrected chi connectivity index (χ2v) is 7.16. The van der Waals surface area contributed by atoms with E-state index in [1.807, 2.05) is 12.1 Å². The van der Waals surface area contributed by atoms with Gasteiger partial charge < -0.3 is 14.3 Å². The van der Waals surface area contributed by atoms with Crippen molar-refractivity contribution in [3.8, 4) is 0 Å². The predicted octanol–water partition coefficient (Wildman–Crippen LogP) is 3.01. The third kappa shape index (κ3) is 5.92. The van der Waals surface area contributed by atoms with Crippen LogP contribution < -0.4 is 0 Å². The van der Waals surface area contributed by atoms with Gasteiger partial charge in [0, 0.05) is 32.7 Å². The molecule has 0 radical (unpaired) electrons. The van der Waals surface area contributed by atoms with Crippen LogP contribution in [0.4, 0.5) is 0 Å². The molecule has 1 aromatic carbocycles. The number of aromatic nitrogens is 1. The number of benzene rings is 1. The molecule has 0 bridgehead atoms. The molecular formula is C18H21Cl2N3O4. The van der Waals surface area contributed by atoms with E-state index in [-0.39, 0.29) is 5.69 Å². The fourth-order valence-corrected chi connectivity index (χ4v) is 3.21. The first-order valence-electron chi connectivity index (χ1n) is 8.65. The van der Waals surface area contributed by atoms with Crippen molar-refractivity contribution in [3.63, 3.8) is 0 Å². The summed E-state index contributed by atoms with van der Waals surface area (Å²) in [7, 11) is 0. The molecule has 1 aliphatic rings. The first-order chi connectivity index (χ1) is 13.0. The number of aromatic carboxylic acids is 1. The van der Waals surface area contributed by atoms with Crippen LogP contribution in [0, 0.1) is 0 Å². The first kappa shape index (κ1) is 20.1. The van der Waals surface area contributed by atoms with Crippen molar-refractivity contribution >= 4 is 29.2 Å². The molecule has 0 amide bonds. The van der Waals surface area contributed by atoms with Gasteiger partial charge in [-0.25, -0.2) is 9.78 Å². The van der Waals surface area contributed by atoms with E-state index >= 15 is 0 Å². The number of morpholine rings is 1. The topological polar surface area (TPSA) is 79.0 Å². The summed E-state index contributed by atoms with van der Waals surface area (Å²) in [4.78, 5) is 19.5. The highest BCUT2D eigenvalue weighted by Gasteiger charge is 2.17. The molecule has 1 saturated heterocycles. The SMILES string of the molecule is O=C(O)c1coc(CN(CCN2CCOCC2)Cc2ccc(Cl)c(Cl)c2)n1. The monoisotopic (exact) mass is 413 g/mol. The highest BCUT2D eigenvalue weighted by Crippen LogP contribution is 2.23. The van der Waals surface area contributed by atoms with Crippen molar-refractivity contribution in [2.45, 2.75) is 13.1 Å². The van der Waals surface area contributed by atoms with Gasteiger partial charge in [-0.15, -0.1) is 0 Å². The van der Waals surface area contributed by atoms with E-state index in [1.165, 1.54) is 0 Å². The molecule has 1 aliphatic heterocycles. The summed E-state index contributed by atoms with van der Waals surface area (Å²) in [6.45, 7) is 5.96. The molecule has 0 aliphatic carbocycles. The molecule has 0 atom stereocenters. The molecule has 0 spiro atoms. The Kier molecular flexibility index (Phi) is 7.09. The van der Waals surface area contributed by atoms with Crippen molar-refractivity contribution in [1.82, 2.24) is 14.8 Å². The van der Waals surface area contributed by atoms with Crippen LogP contribution in [0.1, 0.15) is 21.9 Å². The summed E-state index contributed by atoms with van der Waals surface area (Å²) in [5.41, 5.74) is 0.920. The Labute approximate surface area is 167 Å². The number of hydrogen-bond acceptors (Lipinski definition) is 6. The van der Waals surface area contributed by atoms with Gasteiger partial charge >= 0.3 is 5.97 Å². The summed E-state index contributed by atoms with van der Waals surface area (Å²) in [6.07, 6.45) is 1.16. The van der Waals surface area contributed by atoms with Crippen LogP contribution in [0.15, 0.2) is 28.9 Å². The number of nitrogens with zero attached hydrogens (tertiary/aromatic N) is 3. The molecule has 0 saturated carbocycles. The fourth-order valence-electron chi connectivity index (χ4n) is 2.89. The summed E-state index contributed by atoms with van der Waals surface area (Å²) in [5, 5.41) is 10.0. The van der Waals surface area contributed by atoms with Crippen LogP contribution in [0.25, 0.3) is 0 Å². The zero-order valence-corrected chi connectivity index (χ0v) is 16.2. The highest BCUT2D eigenvalue weighted by atomic mass is 35.5. The molecule has 2 aromatic rings. The normalized spacial score (nSPS) is 15.4. The third-order valence-electron chi connectivity index (χ3n) is 4.36. The van der Waals surface area contributed by atoms with E-state index in [4.69, 9.17) is 37.5 Å². The molecule has 27 heavy (non-hydrogen) atoms. The number of carboxylic acids is 1. The Bertz CT molecular complexity index is 778. The minimum absolute atomic E-state index is 0.0901. The Morgan fingerprint density at radius 1 is 1.22 bits per heavy atom. The molecule has 146 valence electrons. The zero-order chi connectivity index (χ0) is 19.2. The van der Waals surface area contributed by atoms with Gasteiger partial charge in [0.1, 0.15) is 6.26 Å². The van der Waals surface area contributed by atoms with Crippen molar-refractivity contribution in [2.75, 3.05) is 39.4 Å². The first-order valence-corrected chi connectivity index (χ1v) is 9.41. The zero-order valence-electron chi connectivity index (χ0n) is 14.7. The lowest BCUT2D eigenvalue weighted by Crippen LogP contribution is -2.41. The average molecular weight is 414 g/mol. The molecule has 7 nitrogen and oxygen atoms in total.